The van der Waals surface area contributed by atoms with Crippen LogP contribution in [0.25, 0.3) is 0 Å². The fourth-order valence-electron chi connectivity index (χ4n) is 2.78. The number of anilines is 2. The summed E-state index contributed by atoms with van der Waals surface area (Å²) in [6, 6.07) is 1.81. The van der Waals surface area contributed by atoms with Crippen molar-refractivity contribution in [2.75, 3.05) is 29.9 Å². The van der Waals surface area contributed by atoms with Gasteiger partial charge in [-0.15, -0.1) is 0 Å². The lowest BCUT2D eigenvalue weighted by Crippen LogP contribution is -2.39. The molecule has 0 amide bonds. The van der Waals surface area contributed by atoms with Gasteiger partial charge in [0, 0.05) is 25.7 Å². The molecule has 1 saturated heterocycles. The summed E-state index contributed by atoms with van der Waals surface area (Å²) in [6.45, 7) is 9.26. The highest BCUT2D eigenvalue weighted by Crippen LogP contribution is 2.26. The van der Waals surface area contributed by atoms with Crippen molar-refractivity contribution in [3.63, 3.8) is 0 Å². The van der Waals surface area contributed by atoms with Crippen molar-refractivity contribution in [1.82, 2.24) is 15.3 Å². The van der Waals surface area contributed by atoms with E-state index < -0.39 is 0 Å². The van der Waals surface area contributed by atoms with Crippen molar-refractivity contribution in [2.24, 2.45) is 11.8 Å². The third-order valence-corrected chi connectivity index (χ3v) is 3.88. The number of hydrogen-bond acceptors (Lipinski definition) is 4. The van der Waals surface area contributed by atoms with Gasteiger partial charge in [0.05, 0.1) is 0 Å². The minimum absolute atomic E-state index is 0.424. The summed E-state index contributed by atoms with van der Waals surface area (Å²) in [5.41, 5.74) is 0. The summed E-state index contributed by atoms with van der Waals surface area (Å²) >= 11 is 11.3. The molecule has 0 saturated carbocycles. The van der Waals surface area contributed by atoms with Crippen molar-refractivity contribution >= 4 is 40.7 Å². The van der Waals surface area contributed by atoms with Gasteiger partial charge in [0.15, 0.2) is 5.11 Å². The second kappa shape index (κ2) is 7.22. The summed E-state index contributed by atoms with van der Waals surface area (Å²) in [6.07, 6.45) is 1.25. The van der Waals surface area contributed by atoms with Crippen LogP contribution in [0.1, 0.15) is 27.2 Å². The van der Waals surface area contributed by atoms with E-state index in [9.17, 15) is 0 Å². The Hall–Kier alpha value is -1.14. The highest BCUT2D eigenvalue weighted by atomic mass is 35.5. The predicted molar refractivity (Wildman–Crippen MR) is 92.1 cm³/mol. The van der Waals surface area contributed by atoms with Gasteiger partial charge in [0.25, 0.3) is 0 Å². The Morgan fingerprint density at radius 2 is 2.05 bits per heavy atom. The van der Waals surface area contributed by atoms with Crippen LogP contribution in [-0.4, -0.2) is 34.7 Å². The zero-order valence-corrected chi connectivity index (χ0v) is 14.3. The number of hydrogen-bond donors (Lipinski definition) is 2. The van der Waals surface area contributed by atoms with Crippen LogP contribution in [0.3, 0.4) is 0 Å². The van der Waals surface area contributed by atoms with Gasteiger partial charge >= 0.3 is 0 Å². The van der Waals surface area contributed by atoms with Crippen molar-refractivity contribution in [3.8, 4) is 0 Å². The topological polar surface area (TPSA) is 53.1 Å². The summed E-state index contributed by atoms with van der Waals surface area (Å²) in [7, 11) is 0. The SMILES string of the molecule is CCNC(=S)Nc1nc(Cl)cc(N2C[C@H](C)C[C@H](C)C2)n1. The van der Waals surface area contributed by atoms with Gasteiger partial charge in [0.1, 0.15) is 11.0 Å². The second-order valence-electron chi connectivity index (χ2n) is 5.71. The van der Waals surface area contributed by atoms with Crippen LogP contribution in [0.15, 0.2) is 6.07 Å². The van der Waals surface area contributed by atoms with E-state index in [-0.39, 0.29) is 0 Å². The molecule has 0 spiro atoms. The average molecular weight is 328 g/mol. The quantitative estimate of drug-likeness (QED) is 0.657. The van der Waals surface area contributed by atoms with Gasteiger partial charge in [-0.05, 0) is 37.4 Å². The molecule has 5 nitrogen and oxygen atoms in total. The van der Waals surface area contributed by atoms with E-state index in [4.69, 9.17) is 23.8 Å². The maximum Gasteiger partial charge on any atom is 0.232 e. The molecule has 116 valence electrons. The zero-order chi connectivity index (χ0) is 15.4. The van der Waals surface area contributed by atoms with Crippen LogP contribution in [0.4, 0.5) is 11.8 Å². The number of nitrogens with one attached hydrogen (secondary N) is 2. The lowest BCUT2D eigenvalue weighted by Gasteiger charge is -2.35. The monoisotopic (exact) mass is 327 g/mol. The van der Waals surface area contributed by atoms with E-state index >= 15 is 0 Å². The molecular weight excluding hydrogens is 306 g/mol. The minimum atomic E-state index is 0.424. The predicted octanol–water partition coefficient (Wildman–Crippen LogP) is 2.92. The van der Waals surface area contributed by atoms with E-state index in [1.54, 1.807) is 0 Å². The molecule has 0 aliphatic carbocycles. The lowest BCUT2D eigenvalue weighted by molar-refractivity contribution is 0.355. The summed E-state index contributed by atoms with van der Waals surface area (Å²) in [5, 5.41) is 6.91. The van der Waals surface area contributed by atoms with Crippen LogP contribution in [0.5, 0.6) is 0 Å². The summed E-state index contributed by atoms with van der Waals surface area (Å²) in [5.74, 6) is 2.60. The Morgan fingerprint density at radius 1 is 1.38 bits per heavy atom. The number of halogens is 1. The Bertz CT molecular complexity index is 500. The molecule has 0 aromatic carbocycles. The van der Waals surface area contributed by atoms with Crippen LogP contribution in [0.2, 0.25) is 5.15 Å². The Kier molecular flexibility index (Phi) is 5.58. The highest BCUT2D eigenvalue weighted by Gasteiger charge is 2.23. The molecule has 2 rings (SSSR count). The van der Waals surface area contributed by atoms with Crippen molar-refractivity contribution < 1.29 is 0 Å². The average Bonchev–Trinajstić information content (AvgIpc) is 2.37. The van der Waals surface area contributed by atoms with Crippen molar-refractivity contribution in [3.05, 3.63) is 11.2 Å². The maximum atomic E-state index is 6.12. The standard InChI is InChI=1S/C14H22ClN5S/c1-4-16-14(21)19-13-17-11(15)6-12(18-13)20-7-9(2)5-10(3)8-20/h6,9-10H,4-5,7-8H2,1-3H3,(H2,16,17,18,19,21)/t9-,10+. The molecule has 1 fully saturated rings. The van der Waals surface area contributed by atoms with Crippen LogP contribution >= 0.6 is 23.8 Å². The van der Waals surface area contributed by atoms with E-state index in [2.05, 4.69) is 39.3 Å². The van der Waals surface area contributed by atoms with Crippen molar-refractivity contribution in [1.29, 1.82) is 0 Å². The van der Waals surface area contributed by atoms with Gasteiger partial charge in [-0.1, -0.05) is 25.4 Å². The Morgan fingerprint density at radius 3 is 2.67 bits per heavy atom. The fraction of sp³-hybridized carbons (Fsp3) is 0.643. The third-order valence-electron chi connectivity index (χ3n) is 3.44. The minimum Gasteiger partial charge on any atom is -0.363 e. The molecule has 0 unspecified atom stereocenters. The molecular formula is C14H22ClN5S. The highest BCUT2D eigenvalue weighted by molar-refractivity contribution is 7.80. The molecule has 1 aromatic heterocycles. The van der Waals surface area contributed by atoms with Crippen molar-refractivity contribution in [2.45, 2.75) is 27.2 Å². The first kappa shape index (κ1) is 16.2. The van der Waals surface area contributed by atoms with E-state index in [1.807, 2.05) is 13.0 Å². The zero-order valence-electron chi connectivity index (χ0n) is 12.7. The van der Waals surface area contributed by atoms with Gasteiger partial charge in [-0.3, -0.25) is 0 Å². The number of nitrogens with zero attached hydrogens (tertiary/aromatic N) is 3. The van der Waals surface area contributed by atoms with E-state index in [1.165, 1.54) is 6.42 Å². The van der Waals surface area contributed by atoms with E-state index in [0.717, 1.165) is 25.5 Å². The molecule has 2 atom stereocenters. The molecule has 1 aromatic rings. The Labute approximate surface area is 136 Å². The van der Waals surface area contributed by atoms with Gasteiger partial charge < -0.3 is 15.5 Å². The number of thiocarbonyl (C=S) groups is 1. The lowest BCUT2D eigenvalue weighted by atomic mass is 9.92. The van der Waals surface area contributed by atoms with Crippen LogP contribution in [0, 0.1) is 11.8 Å². The molecule has 0 bridgehead atoms. The van der Waals surface area contributed by atoms with Gasteiger partial charge in [-0.25, -0.2) is 4.98 Å². The smallest absolute Gasteiger partial charge is 0.232 e. The molecule has 1 aliphatic rings. The van der Waals surface area contributed by atoms with Crippen LogP contribution < -0.4 is 15.5 Å². The first-order chi connectivity index (χ1) is 9.97. The largest absolute Gasteiger partial charge is 0.363 e. The first-order valence-electron chi connectivity index (χ1n) is 7.32. The molecule has 2 heterocycles. The number of aromatic nitrogens is 2. The normalized spacial score (nSPS) is 22.0. The molecule has 0 radical (unpaired) electrons. The molecule has 7 heteroatoms. The van der Waals surface area contributed by atoms with Gasteiger partial charge in [0.2, 0.25) is 5.95 Å². The van der Waals surface area contributed by atoms with Crippen LogP contribution in [-0.2, 0) is 0 Å². The second-order valence-corrected chi connectivity index (χ2v) is 6.50. The number of piperidine rings is 1. The first-order valence-corrected chi connectivity index (χ1v) is 8.11. The molecule has 2 N–H and O–H groups in total. The maximum absolute atomic E-state index is 6.12. The summed E-state index contributed by atoms with van der Waals surface area (Å²) < 4.78 is 0. The number of rotatable bonds is 3. The van der Waals surface area contributed by atoms with Gasteiger partial charge in [-0.2, -0.15) is 4.98 Å². The summed E-state index contributed by atoms with van der Waals surface area (Å²) in [4.78, 5) is 11.0. The van der Waals surface area contributed by atoms with E-state index in [0.29, 0.717) is 28.0 Å². The Balaban J connectivity index is 2.16. The molecule has 21 heavy (non-hydrogen) atoms. The molecule has 1 aliphatic heterocycles. The fourth-order valence-corrected chi connectivity index (χ4v) is 3.19. The third kappa shape index (κ3) is 4.68.